The van der Waals surface area contributed by atoms with Crippen LogP contribution >= 0.6 is 0 Å². The highest BCUT2D eigenvalue weighted by Crippen LogP contribution is 2.03. The Balaban J connectivity index is 2.20. The number of carbonyl (C=O) groups excluding carboxylic acids is 1. The van der Waals surface area contributed by atoms with E-state index < -0.39 is 0 Å². The Morgan fingerprint density at radius 1 is 1.44 bits per heavy atom. The van der Waals surface area contributed by atoms with Crippen LogP contribution in [-0.4, -0.2) is 17.6 Å². The van der Waals surface area contributed by atoms with Gasteiger partial charge in [0.05, 0.1) is 12.7 Å². The van der Waals surface area contributed by atoms with E-state index >= 15 is 0 Å². The molecule has 16 heavy (non-hydrogen) atoms. The van der Waals surface area contributed by atoms with Crippen LogP contribution in [0.25, 0.3) is 0 Å². The quantitative estimate of drug-likeness (QED) is 0.726. The van der Waals surface area contributed by atoms with E-state index in [0.717, 1.165) is 25.0 Å². The Morgan fingerprint density at radius 2 is 2.25 bits per heavy atom. The topological polar surface area (TPSA) is 67.2 Å². The standard InChI is InChI=1S/C11H19N3O2/c1-3-5-6-12-11(15)14-8-10-13-7-9(4-2)16-10/h7H,3-6,8H2,1-2H3,(H2,12,14,15). The van der Waals surface area contributed by atoms with Crippen LogP contribution in [0.5, 0.6) is 0 Å². The van der Waals surface area contributed by atoms with E-state index in [4.69, 9.17) is 4.42 Å². The summed E-state index contributed by atoms with van der Waals surface area (Å²) in [5.41, 5.74) is 0. The molecule has 0 aliphatic rings. The Morgan fingerprint density at radius 3 is 2.88 bits per heavy atom. The molecule has 0 spiro atoms. The molecule has 1 aromatic heterocycles. The average Bonchev–Trinajstić information content (AvgIpc) is 2.74. The lowest BCUT2D eigenvalue weighted by Crippen LogP contribution is -2.35. The summed E-state index contributed by atoms with van der Waals surface area (Å²) in [7, 11) is 0. The fourth-order valence-electron chi connectivity index (χ4n) is 1.19. The molecule has 0 atom stereocenters. The number of aryl methyl sites for hydroxylation is 1. The van der Waals surface area contributed by atoms with Crippen molar-refractivity contribution in [2.45, 2.75) is 39.7 Å². The lowest BCUT2D eigenvalue weighted by molar-refractivity contribution is 0.239. The number of nitrogens with zero attached hydrogens (tertiary/aromatic N) is 1. The van der Waals surface area contributed by atoms with Gasteiger partial charge < -0.3 is 15.1 Å². The van der Waals surface area contributed by atoms with Gasteiger partial charge in [-0.1, -0.05) is 20.3 Å². The first kappa shape index (κ1) is 12.5. The molecule has 90 valence electrons. The fraction of sp³-hybridized carbons (Fsp3) is 0.636. The summed E-state index contributed by atoms with van der Waals surface area (Å²) >= 11 is 0. The highest BCUT2D eigenvalue weighted by Gasteiger charge is 2.04. The maximum atomic E-state index is 11.3. The fourth-order valence-corrected chi connectivity index (χ4v) is 1.19. The molecule has 0 bridgehead atoms. The molecule has 0 aliphatic carbocycles. The highest BCUT2D eigenvalue weighted by atomic mass is 16.4. The minimum atomic E-state index is -0.176. The van der Waals surface area contributed by atoms with Crippen LogP contribution in [0.15, 0.2) is 10.6 Å². The number of unbranched alkanes of at least 4 members (excludes halogenated alkanes) is 1. The summed E-state index contributed by atoms with van der Waals surface area (Å²) in [6, 6.07) is -0.176. The van der Waals surface area contributed by atoms with Gasteiger partial charge in [-0.05, 0) is 6.42 Å². The summed E-state index contributed by atoms with van der Waals surface area (Å²) in [5.74, 6) is 1.38. The number of urea groups is 1. The number of hydrogen-bond acceptors (Lipinski definition) is 3. The maximum absolute atomic E-state index is 11.3. The number of nitrogens with one attached hydrogen (secondary N) is 2. The van der Waals surface area contributed by atoms with Gasteiger partial charge in [0.15, 0.2) is 0 Å². The first-order valence-electron chi connectivity index (χ1n) is 5.71. The lowest BCUT2D eigenvalue weighted by Gasteiger charge is -2.04. The second kappa shape index (κ2) is 6.87. The third-order valence-corrected chi connectivity index (χ3v) is 2.17. The molecule has 0 saturated heterocycles. The van der Waals surface area contributed by atoms with E-state index in [9.17, 15) is 4.79 Å². The zero-order valence-corrected chi connectivity index (χ0v) is 9.88. The van der Waals surface area contributed by atoms with Gasteiger partial charge in [0.2, 0.25) is 5.89 Å². The number of carbonyl (C=O) groups is 1. The van der Waals surface area contributed by atoms with Crippen molar-refractivity contribution in [3.8, 4) is 0 Å². The van der Waals surface area contributed by atoms with Gasteiger partial charge in [-0.2, -0.15) is 0 Å². The Bertz CT molecular complexity index is 323. The molecule has 0 unspecified atom stereocenters. The Labute approximate surface area is 95.6 Å². The molecule has 2 amide bonds. The molecule has 0 radical (unpaired) electrons. The van der Waals surface area contributed by atoms with Crippen molar-refractivity contribution in [1.82, 2.24) is 15.6 Å². The molecule has 5 nitrogen and oxygen atoms in total. The van der Waals surface area contributed by atoms with Crippen LogP contribution in [0.4, 0.5) is 4.79 Å². The van der Waals surface area contributed by atoms with E-state index in [2.05, 4.69) is 22.5 Å². The van der Waals surface area contributed by atoms with Crippen molar-refractivity contribution in [3.05, 3.63) is 17.8 Å². The molecule has 5 heteroatoms. The number of rotatable bonds is 6. The predicted octanol–water partition coefficient (Wildman–Crippen LogP) is 1.84. The second-order valence-corrected chi connectivity index (χ2v) is 3.54. The van der Waals surface area contributed by atoms with Gasteiger partial charge in [0.1, 0.15) is 5.76 Å². The molecule has 1 heterocycles. The third-order valence-electron chi connectivity index (χ3n) is 2.17. The van der Waals surface area contributed by atoms with Crippen LogP contribution in [0, 0.1) is 0 Å². The predicted molar refractivity (Wildman–Crippen MR) is 61.0 cm³/mol. The van der Waals surface area contributed by atoms with Crippen LogP contribution in [-0.2, 0) is 13.0 Å². The summed E-state index contributed by atoms with van der Waals surface area (Å²) in [4.78, 5) is 15.3. The summed E-state index contributed by atoms with van der Waals surface area (Å²) in [6.07, 6.45) is 4.56. The minimum absolute atomic E-state index is 0.176. The normalized spacial score (nSPS) is 10.1. The van der Waals surface area contributed by atoms with E-state index in [1.807, 2.05) is 6.92 Å². The molecular weight excluding hydrogens is 206 g/mol. The summed E-state index contributed by atoms with van der Waals surface area (Å²) in [5, 5.41) is 5.44. The smallest absolute Gasteiger partial charge is 0.315 e. The van der Waals surface area contributed by atoms with Crippen LogP contribution < -0.4 is 10.6 Å². The number of hydrogen-bond donors (Lipinski definition) is 2. The molecule has 0 saturated carbocycles. The first-order chi connectivity index (χ1) is 7.76. The Hall–Kier alpha value is -1.52. The monoisotopic (exact) mass is 225 g/mol. The second-order valence-electron chi connectivity index (χ2n) is 3.54. The van der Waals surface area contributed by atoms with Gasteiger partial charge in [-0.25, -0.2) is 9.78 Å². The lowest BCUT2D eigenvalue weighted by atomic mass is 10.3. The third kappa shape index (κ3) is 4.33. The van der Waals surface area contributed by atoms with Crippen molar-refractivity contribution in [1.29, 1.82) is 0 Å². The average molecular weight is 225 g/mol. The zero-order chi connectivity index (χ0) is 11.8. The van der Waals surface area contributed by atoms with E-state index in [0.29, 0.717) is 19.0 Å². The molecule has 1 rings (SSSR count). The molecule has 0 aliphatic heterocycles. The van der Waals surface area contributed by atoms with Gasteiger partial charge in [0, 0.05) is 13.0 Å². The molecule has 1 aromatic rings. The van der Waals surface area contributed by atoms with Crippen molar-refractivity contribution in [3.63, 3.8) is 0 Å². The summed E-state index contributed by atoms with van der Waals surface area (Å²) < 4.78 is 5.36. The van der Waals surface area contributed by atoms with E-state index in [1.54, 1.807) is 6.20 Å². The van der Waals surface area contributed by atoms with Crippen molar-refractivity contribution in [2.75, 3.05) is 6.54 Å². The van der Waals surface area contributed by atoms with Crippen molar-refractivity contribution >= 4 is 6.03 Å². The van der Waals surface area contributed by atoms with Crippen LogP contribution in [0.1, 0.15) is 38.3 Å². The molecule has 0 fully saturated rings. The Kier molecular flexibility index (Phi) is 5.39. The van der Waals surface area contributed by atoms with E-state index in [1.165, 1.54) is 0 Å². The number of oxazole rings is 1. The number of amides is 2. The molecule has 0 aromatic carbocycles. The van der Waals surface area contributed by atoms with Gasteiger partial charge in [-0.3, -0.25) is 0 Å². The maximum Gasteiger partial charge on any atom is 0.315 e. The number of aromatic nitrogens is 1. The van der Waals surface area contributed by atoms with Gasteiger partial charge in [0.25, 0.3) is 0 Å². The van der Waals surface area contributed by atoms with Gasteiger partial charge >= 0.3 is 6.03 Å². The largest absolute Gasteiger partial charge is 0.444 e. The molecular formula is C11H19N3O2. The van der Waals surface area contributed by atoms with Crippen LogP contribution in [0.2, 0.25) is 0 Å². The summed E-state index contributed by atoms with van der Waals surface area (Å²) in [6.45, 7) is 5.11. The molecule has 2 N–H and O–H groups in total. The van der Waals surface area contributed by atoms with Crippen LogP contribution in [0.3, 0.4) is 0 Å². The highest BCUT2D eigenvalue weighted by molar-refractivity contribution is 5.73. The van der Waals surface area contributed by atoms with Crippen molar-refractivity contribution < 1.29 is 9.21 Å². The zero-order valence-electron chi connectivity index (χ0n) is 9.88. The minimum Gasteiger partial charge on any atom is -0.444 e. The van der Waals surface area contributed by atoms with E-state index in [-0.39, 0.29) is 6.03 Å². The van der Waals surface area contributed by atoms with Gasteiger partial charge in [-0.15, -0.1) is 0 Å². The SMILES string of the molecule is CCCCNC(=O)NCc1ncc(CC)o1. The van der Waals surface area contributed by atoms with Crippen molar-refractivity contribution in [2.24, 2.45) is 0 Å². The first-order valence-corrected chi connectivity index (χ1v) is 5.71.